The van der Waals surface area contributed by atoms with Crippen LogP contribution in [-0.4, -0.2) is 68.0 Å². The highest BCUT2D eigenvalue weighted by atomic mass is 16.5. The van der Waals surface area contributed by atoms with Crippen molar-refractivity contribution in [3.05, 3.63) is 30.1 Å². The summed E-state index contributed by atoms with van der Waals surface area (Å²) in [5, 5.41) is 9.13. The number of aromatic nitrogens is 5. The first-order chi connectivity index (χ1) is 13.5. The maximum Gasteiger partial charge on any atom is 0.182 e. The Bertz CT molecular complexity index is 970. The largest absolute Gasteiger partial charge is 0.378 e. The minimum Gasteiger partial charge on any atom is -0.378 e. The highest BCUT2D eigenvalue weighted by Crippen LogP contribution is 2.29. The third-order valence-electron chi connectivity index (χ3n) is 5.40. The molecule has 0 aromatic carbocycles. The molecule has 8 heteroatoms. The molecule has 0 unspecified atom stereocenters. The first-order valence-corrected chi connectivity index (χ1v) is 9.64. The molecule has 4 rings (SSSR count). The molecule has 0 amide bonds. The average molecular weight is 381 g/mol. The Balaban J connectivity index is 1.77. The number of nitrogens with zero attached hydrogens (tertiary/aromatic N) is 6. The molecule has 1 aliphatic heterocycles. The van der Waals surface area contributed by atoms with Gasteiger partial charge in [0.25, 0.3) is 0 Å². The number of anilines is 1. The van der Waals surface area contributed by atoms with E-state index >= 15 is 0 Å². The Labute approximate surface area is 165 Å². The van der Waals surface area contributed by atoms with Crippen molar-refractivity contribution in [3.8, 4) is 11.5 Å². The number of fused-ring (bicyclic) bond motifs is 1. The van der Waals surface area contributed by atoms with E-state index in [1.807, 2.05) is 32.2 Å². The molecule has 0 spiro atoms. The molecular formula is C20H27N7O. The first-order valence-electron chi connectivity index (χ1n) is 9.64. The summed E-state index contributed by atoms with van der Waals surface area (Å²) in [5.41, 5.74) is 2.44. The van der Waals surface area contributed by atoms with Crippen molar-refractivity contribution in [2.75, 3.05) is 25.5 Å². The van der Waals surface area contributed by atoms with Crippen molar-refractivity contribution in [3.63, 3.8) is 0 Å². The molecule has 0 saturated carbocycles. The van der Waals surface area contributed by atoms with Gasteiger partial charge in [0.2, 0.25) is 0 Å². The van der Waals surface area contributed by atoms with Gasteiger partial charge in [0.15, 0.2) is 11.5 Å². The summed E-state index contributed by atoms with van der Waals surface area (Å²) in [6, 6.07) is 6.36. The predicted molar refractivity (Wildman–Crippen MR) is 109 cm³/mol. The maximum atomic E-state index is 5.76. The number of aryl methyl sites for hydroxylation is 2. The molecule has 148 valence electrons. The molecule has 28 heavy (non-hydrogen) atoms. The molecule has 1 N–H and O–H groups in total. The molecule has 3 aromatic heterocycles. The van der Waals surface area contributed by atoms with Gasteiger partial charge in [-0.05, 0) is 32.9 Å². The third-order valence-corrected chi connectivity index (χ3v) is 5.40. The second kappa shape index (κ2) is 7.44. The van der Waals surface area contributed by atoms with E-state index < -0.39 is 0 Å². The van der Waals surface area contributed by atoms with Crippen LogP contribution < -0.4 is 5.32 Å². The number of likely N-dealkylation sites (tertiary alicyclic amines) is 1. The minimum absolute atomic E-state index is 0.0997. The monoisotopic (exact) mass is 381 g/mol. The molecule has 2 atom stereocenters. The zero-order valence-corrected chi connectivity index (χ0v) is 17.0. The Kier molecular flexibility index (Phi) is 4.99. The molecular weight excluding hydrogens is 354 g/mol. The van der Waals surface area contributed by atoms with Crippen molar-refractivity contribution >= 4 is 16.9 Å². The van der Waals surface area contributed by atoms with E-state index in [-0.39, 0.29) is 12.1 Å². The molecule has 1 saturated heterocycles. The van der Waals surface area contributed by atoms with Crippen LogP contribution in [0.25, 0.3) is 22.6 Å². The summed E-state index contributed by atoms with van der Waals surface area (Å²) < 4.78 is 7.56. The molecule has 0 bridgehead atoms. The molecule has 4 heterocycles. The van der Waals surface area contributed by atoms with Gasteiger partial charge in [-0.2, -0.15) is 5.10 Å². The molecule has 0 aliphatic carbocycles. The lowest BCUT2D eigenvalue weighted by Gasteiger charge is -2.21. The van der Waals surface area contributed by atoms with Crippen molar-refractivity contribution in [1.82, 2.24) is 29.6 Å². The average Bonchev–Trinajstić information content (AvgIpc) is 3.23. The summed E-state index contributed by atoms with van der Waals surface area (Å²) >= 11 is 0. The molecule has 0 radical (unpaired) electrons. The van der Waals surface area contributed by atoms with Crippen molar-refractivity contribution in [1.29, 1.82) is 0 Å². The van der Waals surface area contributed by atoms with E-state index in [0.717, 1.165) is 41.3 Å². The second-order valence-corrected chi connectivity index (χ2v) is 7.59. The van der Waals surface area contributed by atoms with Crippen LogP contribution in [0.1, 0.15) is 19.5 Å². The van der Waals surface area contributed by atoms with Crippen molar-refractivity contribution in [2.45, 2.75) is 39.0 Å². The standard InChI is InChI=1S/C20H27N7O/c1-12(2)27-10-15(16(11-27)28-5)22-19-17-13(3)25-26(4)20(17)24-18(23-19)14-8-6-7-9-21-14/h6-9,12,15-16H,10-11H2,1-5H3,(H,22,23,24)/t15-,16-/m0/s1. The number of hydrogen-bond donors (Lipinski definition) is 1. The van der Waals surface area contributed by atoms with Gasteiger partial charge in [0, 0.05) is 39.5 Å². The van der Waals surface area contributed by atoms with E-state index in [9.17, 15) is 0 Å². The normalized spacial score (nSPS) is 20.4. The third kappa shape index (κ3) is 3.33. The molecule has 1 aliphatic rings. The Morgan fingerprint density at radius 3 is 2.71 bits per heavy atom. The van der Waals surface area contributed by atoms with Gasteiger partial charge in [-0.15, -0.1) is 0 Å². The van der Waals surface area contributed by atoms with Crippen LogP contribution >= 0.6 is 0 Å². The fourth-order valence-electron chi connectivity index (χ4n) is 3.83. The van der Waals surface area contributed by atoms with Gasteiger partial charge >= 0.3 is 0 Å². The lowest BCUT2D eigenvalue weighted by atomic mass is 10.2. The zero-order chi connectivity index (χ0) is 19.8. The van der Waals surface area contributed by atoms with Crippen LogP contribution in [0.4, 0.5) is 5.82 Å². The number of rotatable bonds is 5. The van der Waals surface area contributed by atoms with Gasteiger partial charge in [-0.3, -0.25) is 14.6 Å². The van der Waals surface area contributed by atoms with Crippen LogP contribution in [0, 0.1) is 6.92 Å². The van der Waals surface area contributed by atoms with Gasteiger partial charge < -0.3 is 10.1 Å². The minimum atomic E-state index is 0.0997. The maximum absolute atomic E-state index is 5.76. The quantitative estimate of drug-likeness (QED) is 0.726. The highest BCUT2D eigenvalue weighted by Gasteiger charge is 2.35. The lowest BCUT2D eigenvalue weighted by molar-refractivity contribution is 0.0983. The fourth-order valence-corrected chi connectivity index (χ4v) is 3.83. The number of nitrogens with one attached hydrogen (secondary N) is 1. The molecule has 3 aromatic rings. The highest BCUT2D eigenvalue weighted by molar-refractivity contribution is 5.90. The van der Waals surface area contributed by atoms with E-state index in [4.69, 9.17) is 14.7 Å². The number of pyridine rings is 1. The smallest absolute Gasteiger partial charge is 0.182 e. The molecule has 1 fully saturated rings. The summed E-state index contributed by atoms with van der Waals surface area (Å²) in [5.74, 6) is 1.38. The van der Waals surface area contributed by atoms with Crippen LogP contribution in [0.15, 0.2) is 24.4 Å². The Morgan fingerprint density at radius 2 is 2.04 bits per heavy atom. The van der Waals surface area contributed by atoms with E-state index in [1.54, 1.807) is 18.0 Å². The van der Waals surface area contributed by atoms with Crippen molar-refractivity contribution in [2.24, 2.45) is 7.05 Å². The van der Waals surface area contributed by atoms with Crippen LogP contribution in [0.5, 0.6) is 0 Å². The fraction of sp³-hybridized carbons (Fsp3) is 0.500. The summed E-state index contributed by atoms with van der Waals surface area (Å²) in [6.45, 7) is 8.21. The van der Waals surface area contributed by atoms with Gasteiger partial charge in [0.05, 0.1) is 23.2 Å². The van der Waals surface area contributed by atoms with Crippen molar-refractivity contribution < 1.29 is 4.74 Å². The Morgan fingerprint density at radius 1 is 1.21 bits per heavy atom. The van der Waals surface area contributed by atoms with Gasteiger partial charge in [-0.1, -0.05) is 6.07 Å². The zero-order valence-electron chi connectivity index (χ0n) is 17.0. The number of methoxy groups -OCH3 is 1. The summed E-state index contributed by atoms with van der Waals surface area (Å²) in [6.07, 6.45) is 1.85. The van der Waals surface area contributed by atoms with Crippen LogP contribution in [0.3, 0.4) is 0 Å². The number of ether oxygens (including phenoxy) is 1. The van der Waals surface area contributed by atoms with Gasteiger partial charge in [-0.25, -0.2) is 9.97 Å². The van der Waals surface area contributed by atoms with Crippen LogP contribution in [0.2, 0.25) is 0 Å². The molecule has 8 nitrogen and oxygen atoms in total. The Hall–Kier alpha value is -2.58. The van der Waals surface area contributed by atoms with Crippen LogP contribution in [-0.2, 0) is 11.8 Å². The summed E-state index contributed by atoms with van der Waals surface area (Å²) in [7, 11) is 3.68. The SMILES string of the molecule is CO[C@H]1CN(C(C)C)C[C@@H]1Nc1nc(-c2ccccn2)nc2c1c(C)nn2C. The first kappa shape index (κ1) is 18.8. The topological polar surface area (TPSA) is 81.0 Å². The van der Waals surface area contributed by atoms with Gasteiger partial charge in [0.1, 0.15) is 11.5 Å². The predicted octanol–water partition coefficient (Wildman–Crippen LogP) is 2.25. The van der Waals surface area contributed by atoms with E-state index in [0.29, 0.717) is 11.9 Å². The lowest BCUT2D eigenvalue weighted by Crippen LogP contribution is -2.34. The second-order valence-electron chi connectivity index (χ2n) is 7.59. The number of hydrogen-bond acceptors (Lipinski definition) is 7. The van der Waals surface area contributed by atoms with E-state index in [1.165, 1.54) is 0 Å². The summed E-state index contributed by atoms with van der Waals surface area (Å²) in [4.78, 5) is 16.4. The van der Waals surface area contributed by atoms with E-state index in [2.05, 4.69) is 34.1 Å².